The van der Waals surface area contributed by atoms with E-state index in [0.717, 1.165) is 45.2 Å². The minimum Gasteiger partial charge on any atom is -0.332 e. The molecule has 3 aliphatic rings. The van der Waals surface area contributed by atoms with Crippen LogP contribution in [0.1, 0.15) is 55.2 Å². The normalized spacial score (nSPS) is 30.0. The SMILES string of the molecule is Cc1c(C2CCC23CNCC(N)C3)c(F)cc2c(=O)n(N)c(=O)n(C3CC3)c12. The molecule has 2 aromatic rings. The fraction of sp³-hybridized carbons (Fsp3) is 0.600. The Bertz CT molecular complexity index is 1100. The van der Waals surface area contributed by atoms with Gasteiger partial charge in [0.25, 0.3) is 5.56 Å². The number of nitrogens with one attached hydrogen (secondary N) is 1. The Balaban J connectivity index is 1.75. The van der Waals surface area contributed by atoms with Crippen molar-refractivity contribution >= 4 is 10.9 Å². The number of benzene rings is 1. The van der Waals surface area contributed by atoms with E-state index in [-0.39, 0.29) is 34.6 Å². The Morgan fingerprint density at radius 1 is 1.29 bits per heavy atom. The van der Waals surface area contributed by atoms with Crippen molar-refractivity contribution < 1.29 is 4.39 Å². The predicted molar refractivity (Wildman–Crippen MR) is 105 cm³/mol. The Morgan fingerprint density at radius 3 is 2.64 bits per heavy atom. The summed E-state index contributed by atoms with van der Waals surface area (Å²) in [5.41, 5.74) is 6.86. The Labute approximate surface area is 161 Å². The van der Waals surface area contributed by atoms with Crippen molar-refractivity contribution in [2.24, 2.45) is 11.1 Å². The fourth-order valence-corrected chi connectivity index (χ4v) is 5.56. The maximum absolute atomic E-state index is 15.3. The van der Waals surface area contributed by atoms with Crippen molar-refractivity contribution in [3.05, 3.63) is 43.8 Å². The fourth-order valence-electron chi connectivity index (χ4n) is 5.56. The van der Waals surface area contributed by atoms with E-state index in [0.29, 0.717) is 21.3 Å². The smallest absolute Gasteiger partial charge is 0.332 e. The number of aryl methyl sites for hydroxylation is 1. The van der Waals surface area contributed by atoms with Crippen LogP contribution in [0.25, 0.3) is 10.9 Å². The molecule has 0 radical (unpaired) electrons. The third-order valence-electron chi connectivity index (χ3n) is 7.13. The molecule has 3 unspecified atom stereocenters. The average Bonchev–Trinajstić information content (AvgIpc) is 3.48. The number of hydrogen-bond donors (Lipinski definition) is 3. The quantitative estimate of drug-likeness (QED) is 0.662. The van der Waals surface area contributed by atoms with Crippen molar-refractivity contribution in [1.29, 1.82) is 0 Å². The lowest BCUT2D eigenvalue weighted by atomic mass is 9.53. The lowest BCUT2D eigenvalue weighted by molar-refractivity contribution is 0.0455. The minimum absolute atomic E-state index is 0.0301. The van der Waals surface area contributed by atoms with E-state index in [1.54, 1.807) is 4.57 Å². The molecule has 2 aliphatic carbocycles. The molecule has 1 saturated heterocycles. The molecule has 2 saturated carbocycles. The maximum Gasteiger partial charge on any atom is 0.350 e. The van der Waals surface area contributed by atoms with Crippen LogP contribution in [-0.2, 0) is 0 Å². The second-order valence-corrected chi connectivity index (χ2v) is 8.90. The van der Waals surface area contributed by atoms with Crippen LogP contribution in [-0.4, -0.2) is 28.4 Å². The van der Waals surface area contributed by atoms with E-state index < -0.39 is 11.2 Å². The van der Waals surface area contributed by atoms with Gasteiger partial charge in [-0.2, -0.15) is 4.68 Å². The van der Waals surface area contributed by atoms with E-state index >= 15 is 4.39 Å². The molecule has 1 aromatic carbocycles. The molecule has 5 N–H and O–H groups in total. The van der Waals surface area contributed by atoms with Crippen molar-refractivity contribution in [3.63, 3.8) is 0 Å². The molecular formula is C20H26FN5O2. The Morgan fingerprint density at radius 2 is 2.04 bits per heavy atom. The van der Waals surface area contributed by atoms with E-state index in [1.165, 1.54) is 6.07 Å². The first-order chi connectivity index (χ1) is 13.3. The summed E-state index contributed by atoms with van der Waals surface area (Å²) in [6.07, 6.45) is 4.49. The number of nitrogens with two attached hydrogens (primary N) is 2. The number of piperidine rings is 1. The van der Waals surface area contributed by atoms with Gasteiger partial charge in [-0.15, -0.1) is 0 Å². The molecular weight excluding hydrogens is 361 g/mol. The van der Waals surface area contributed by atoms with Gasteiger partial charge in [0.15, 0.2) is 0 Å². The third kappa shape index (κ3) is 2.34. The van der Waals surface area contributed by atoms with Gasteiger partial charge in [0, 0.05) is 25.2 Å². The molecule has 1 aromatic heterocycles. The van der Waals surface area contributed by atoms with E-state index in [9.17, 15) is 9.59 Å². The molecule has 7 nitrogen and oxygen atoms in total. The van der Waals surface area contributed by atoms with E-state index in [4.69, 9.17) is 11.6 Å². The second-order valence-electron chi connectivity index (χ2n) is 8.90. The maximum atomic E-state index is 15.3. The molecule has 2 heterocycles. The zero-order chi connectivity index (χ0) is 19.8. The molecule has 3 fully saturated rings. The zero-order valence-corrected chi connectivity index (χ0v) is 16.0. The van der Waals surface area contributed by atoms with Crippen LogP contribution in [0.3, 0.4) is 0 Å². The highest BCUT2D eigenvalue weighted by Crippen LogP contribution is 2.57. The average molecular weight is 387 g/mol. The van der Waals surface area contributed by atoms with Gasteiger partial charge in [-0.3, -0.25) is 9.36 Å². The van der Waals surface area contributed by atoms with Crippen LogP contribution in [0.15, 0.2) is 15.7 Å². The van der Waals surface area contributed by atoms with Crippen LogP contribution in [0.5, 0.6) is 0 Å². The number of rotatable bonds is 2. The highest BCUT2D eigenvalue weighted by molar-refractivity contribution is 5.83. The first-order valence-corrected chi connectivity index (χ1v) is 10.1. The van der Waals surface area contributed by atoms with Crippen LogP contribution < -0.4 is 28.1 Å². The monoisotopic (exact) mass is 387 g/mol. The summed E-state index contributed by atoms with van der Waals surface area (Å²) in [4.78, 5) is 25.3. The molecule has 0 bridgehead atoms. The van der Waals surface area contributed by atoms with Gasteiger partial charge in [-0.25, -0.2) is 9.18 Å². The number of nitrogen functional groups attached to an aromatic ring is 1. The van der Waals surface area contributed by atoms with Crippen molar-refractivity contribution in [2.75, 3.05) is 18.9 Å². The lowest BCUT2D eigenvalue weighted by Crippen LogP contribution is -2.56. The van der Waals surface area contributed by atoms with Gasteiger partial charge < -0.3 is 16.9 Å². The highest BCUT2D eigenvalue weighted by atomic mass is 19.1. The van der Waals surface area contributed by atoms with Gasteiger partial charge in [0.05, 0.1) is 10.9 Å². The van der Waals surface area contributed by atoms with Gasteiger partial charge in [-0.1, -0.05) is 0 Å². The number of fused-ring (bicyclic) bond motifs is 1. The van der Waals surface area contributed by atoms with Crippen molar-refractivity contribution in [3.8, 4) is 0 Å². The predicted octanol–water partition coefficient (Wildman–Crippen LogP) is 0.844. The van der Waals surface area contributed by atoms with Crippen molar-refractivity contribution in [1.82, 2.24) is 14.6 Å². The Kier molecular flexibility index (Phi) is 3.77. The third-order valence-corrected chi connectivity index (χ3v) is 7.13. The first-order valence-electron chi connectivity index (χ1n) is 10.1. The molecule has 0 amide bonds. The summed E-state index contributed by atoms with van der Waals surface area (Å²) < 4.78 is 17.5. The molecule has 28 heavy (non-hydrogen) atoms. The lowest BCUT2D eigenvalue weighted by Gasteiger charge is -2.54. The van der Waals surface area contributed by atoms with Gasteiger partial charge in [0.2, 0.25) is 0 Å². The summed E-state index contributed by atoms with van der Waals surface area (Å²) >= 11 is 0. The largest absolute Gasteiger partial charge is 0.350 e. The second kappa shape index (κ2) is 5.90. The zero-order valence-electron chi connectivity index (χ0n) is 16.0. The molecule has 1 spiro atoms. The van der Waals surface area contributed by atoms with Crippen LogP contribution in [0.4, 0.5) is 4.39 Å². The molecule has 3 atom stereocenters. The minimum atomic E-state index is -0.643. The number of aromatic nitrogens is 2. The number of nitrogens with zero attached hydrogens (tertiary/aromatic N) is 2. The van der Waals surface area contributed by atoms with E-state index in [2.05, 4.69) is 5.32 Å². The summed E-state index contributed by atoms with van der Waals surface area (Å²) in [6, 6.07) is 1.38. The summed E-state index contributed by atoms with van der Waals surface area (Å²) in [5, 5.41) is 3.58. The first kappa shape index (κ1) is 17.9. The van der Waals surface area contributed by atoms with Gasteiger partial charge in [0.1, 0.15) is 5.82 Å². The van der Waals surface area contributed by atoms with Gasteiger partial charge in [-0.05, 0) is 67.6 Å². The molecule has 5 rings (SSSR count). The van der Waals surface area contributed by atoms with Crippen LogP contribution in [0, 0.1) is 18.2 Å². The van der Waals surface area contributed by atoms with Gasteiger partial charge >= 0.3 is 5.69 Å². The Hall–Kier alpha value is -2.19. The highest BCUT2D eigenvalue weighted by Gasteiger charge is 2.50. The number of hydrogen-bond acceptors (Lipinski definition) is 5. The molecule has 150 valence electrons. The van der Waals surface area contributed by atoms with E-state index in [1.807, 2.05) is 6.92 Å². The summed E-state index contributed by atoms with van der Waals surface area (Å²) in [6.45, 7) is 3.44. The summed E-state index contributed by atoms with van der Waals surface area (Å²) in [7, 11) is 0. The topological polar surface area (TPSA) is 108 Å². The number of halogens is 1. The van der Waals surface area contributed by atoms with Crippen LogP contribution in [0.2, 0.25) is 0 Å². The molecule has 8 heteroatoms. The van der Waals surface area contributed by atoms with Crippen LogP contribution >= 0.6 is 0 Å². The van der Waals surface area contributed by atoms with Crippen molar-refractivity contribution in [2.45, 2.75) is 57.0 Å². The summed E-state index contributed by atoms with van der Waals surface area (Å²) in [5.74, 6) is 5.36. The standard InChI is InChI=1S/C20H26FN5O2/c1-10-16(14-4-5-20(14)7-11(22)8-24-9-20)15(21)6-13-17(10)25(12-2-3-12)19(28)26(23)18(13)27/h6,11-12,14,24H,2-5,7-9,22-23H2,1H3. The molecule has 1 aliphatic heterocycles.